The van der Waals surface area contributed by atoms with Gasteiger partial charge in [0, 0.05) is 72.8 Å². The van der Waals surface area contributed by atoms with Crippen LogP contribution in [0.25, 0.3) is 0 Å². The van der Waals surface area contributed by atoms with Gasteiger partial charge in [-0.05, 0) is 78.9 Å². The van der Waals surface area contributed by atoms with Gasteiger partial charge in [-0.1, -0.05) is 39.3 Å². The lowest BCUT2D eigenvalue weighted by Crippen LogP contribution is -2.72. The molecule has 4 aliphatic heterocycles. The molecule has 2 N–H and O–H groups in total. The number of hydrogen-bond donors (Lipinski definition) is 2. The van der Waals surface area contributed by atoms with Gasteiger partial charge >= 0.3 is 0 Å². The van der Waals surface area contributed by atoms with Crippen LogP contribution in [0.1, 0.15) is 101 Å². The average molecular weight is 763 g/mol. The molecule has 13 heteroatoms. The summed E-state index contributed by atoms with van der Waals surface area (Å²) in [6, 6.07) is 17.8. The highest BCUT2D eigenvalue weighted by Crippen LogP contribution is 2.56. The summed E-state index contributed by atoms with van der Waals surface area (Å²) in [7, 11) is 0. The van der Waals surface area contributed by atoms with Gasteiger partial charge < -0.3 is 15.0 Å². The smallest absolute Gasteiger partial charge is 0.262 e. The lowest BCUT2D eigenvalue weighted by Gasteiger charge is -2.63. The van der Waals surface area contributed by atoms with Crippen molar-refractivity contribution in [2.24, 2.45) is 10.8 Å². The number of fused-ring (bicyclic) bond motifs is 2. The largest absolute Gasteiger partial charge is 0.489 e. The van der Waals surface area contributed by atoms with E-state index in [0.29, 0.717) is 59.2 Å². The van der Waals surface area contributed by atoms with E-state index in [0.717, 1.165) is 34.6 Å². The number of likely N-dealkylation sites (tertiary alicyclic amines) is 1. The van der Waals surface area contributed by atoms with Gasteiger partial charge in [0.05, 0.1) is 21.7 Å². The number of nitrogens with zero attached hydrogens (tertiary/aromatic N) is 4. The quantitative estimate of drug-likeness (QED) is 0.296. The van der Waals surface area contributed by atoms with Crippen molar-refractivity contribution >= 4 is 46.8 Å². The molecule has 3 aromatic rings. The van der Waals surface area contributed by atoms with E-state index in [2.05, 4.69) is 49.3 Å². The number of ether oxygens (including phenoxy) is 1. The number of anilines is 1. The Bertz CT molecular complexity index is 2130. The molecule has 0 radical (unpaired) electrons. The van der Waals surface area contributed by atoms with Crippen molar-refractivity contribution in [2.45, 2.75) is 90.7 Å². The Labute approximate surface area is 324 Å². The Kier molecular flexibility index (Phi) is 9.01. The molecule has 0 bridgehead atoms. The number of benzene rings is 3. The molecule has 1 aliphatic carbocycles. The first-order valence-electron chi connectivity index (χ1n) is 18.8. The number of nitrogens with one attached hydrogen (secondary N) is 2. The van der Waals surface area contributed by atoms with Crippen LogP contribution in [0, 0.1) is 22.2 Å². The summed E-state index contributed by atoms with van der Waals surface area (Å²) < 4.78 is 6.42. The third kappa shape index (κ3) is 6.23. The summed E-state index contributed by atoms with van der Waals surface area (Å²) in [6.07, 6.45) is 1.72. The molecule has 12 nitrogen and oxygen atoms in total. The third-order valence-electron chi connectivity index (χ3n) is 12.4. The third-order valence-corrected chi connectivity index (χ3v) is 12.7. The number of imide groups is 2. The van der Waals surface area contributed by atoms with Crippen molar-refractivity contribution in [3.63, 3.8) is 0 Å². The SMILES string of the molecule is CC1(C)C(Nc2ccc(C(=O)N3CCC(N4Cc5cc6c(cc5C4)C(=O)N([C@@H]4CCC(=O)NC4=O)C6=O)CC3)cc2)C(C)(C)C1Oc1ccc(C#N)c(Cl)c1. The Balaban J connectivity index is 0.846. The molecule has 3 fully saturated rings. The van der Waals surface area contributed by atoms with Crippen molar-refractivity contribution in [1.29, 1.82) is 5.26 Å². The number of amides is 5. The molecule has 1 atom stereocenters. The molecule has 0 unspecified atom stereocenters. The second-order valence-corrected chi connectivity index (χ2v) is 17.0. The highest BCUT2D eigenvalue weighted by Gasteiger charge is 2.63. The minimum absolute atomic E-state index is 0.00238. The summed E-state index contributed by atoms with van der Waals surface area (Å²) in [5.74, 6) is -1.37. The second kappa shape index (κ2) is 13.5. The van der Waals surface area contributed by atoms with Gasteiger partial charge in [0.1, 0.15) is 24.0 Å². The zero-order valence-electron chi connectivity index (χ0n) is 31.3. The first kappa shape index (κ1) is 36.7. The fourth-order valence-corrected chi connectivity index (χ4v) is 9.95. The number of rotatable bonds is 7. The van der Waals surface area contributed by atoms with Crippen LogP contribution < -0.4 is 15.4 Å². The Hall–Kier alpha value is -5.25. The van der Waals surface area contributed by atoms with Crippen molar-refractivity contribution < 1.29 is 28.7 Å². The zero-order valence-corrected chi connectivity index (χ0v) is 32.0. The van der Waals surface area contributed by atoms with Crippen molar-refractivity contribution in [3.05, 3.63) is 93.0 Å². The number of hydrogen-bond acceptors (Lipinski definition) is 9. The van der Waals surface area contributed by atoms with Crippen LogP contribution in [0.5, 0.6) is 5.75 Å². The monoisotopic (exact) mass is 762 g/mol. The molecular formula is C42H43ClN6O6. The molecule has 1 saturated carbocycles. The molecule has 284 valence electrons. The Morgan fingerprint density at radius 3 is 2.07 bits per heavy atom. The van der Waals surface area contributed by atoms with Gasteiger partial charge in [-0.15, -0.1) is 0 Å². The molecular weight excluding hydrogens is 720 g/mol. The molecule has 8 rings (SSSR count). The highest BCUT2D eigenvalue weighted by molar-refractivity contribution is 6.31. The maximum absolute atomic E-state index is 13.6. The van der Waals surface area contributed by atoms with Gasteiger partial charge in [0.25, 0.3) is 17.7 Å². The maximum atomic E-state index is 13.6. The predicted octanol–water partition coefficient (Wildman–Crippen LogP) is 5.53. The molecule has 3 aromatic carbocycles. The molecule has 55 heavy (non-hydrogen) atoms. The van der Waals surface area contributed by atoms with Crippen LogP contribution in [-0.4, -0.2) is 81.6 Å². The number of carbonyl (C=O) groups is 5. The fourth-order valence-electron chi connectivity index (χ4n) is 9.74. The van der Waals surface area contributed by atoms with Gasteiger partial charge in [-0.2, -0.15) is 5.26 Å². The van der Waals surface area contributed by atoms with Gasteiger partial charge in [0.2, 0.25) is 11.8 Å². The first-order chi connectivity index (χ1) is 26.2. The van der Waals surface area contributed by atoms with Crippen molar-refractivity contribution in [3.8, 4) is 11.8 Å². The normalized spacial score (nSPS) is 24.5. The Morgan fingerprint density at radius 1 is 0.891 bits per heavy atom. The average Bonchev–Trinajstić information content (AvgIpc) is 3.69. The van der Waals surface area contributed by atoms with Crippen molar-refractivity contribution in [1.82, 2.24) is 20.0 Å². The van der Waals surface area contributed by atoms with E-state index in [1.54, 1.807) is 30.3 Å². The first-order valence-corrected chi connectivity index (χ1v) is 19.2. The number of nitriles is 1. The van der Waals surface area contributed by atoms with E-state index in [1.165, 1.54) is 0 Å². The fraction of sp³-hybridized carbons (Fsp3) is 0.429. The highest BCUT2D eigenvalue weighted by atomic mass is 35.5. The standard InChI is InChI=1S/C42H43ClN6O6/c1-41(2)39(42(3,4)40(41)55-29-10-7-24(20-44)32(43)19-29)45-27-8-5-23(6-9-27)36(52)47-15-13-28(14-16-47)48-21-25-17-30-31(18-26(25)22-48)38(54)49(37(30)53)33-11-12-34(50)46-35(33)51/h5-10,17-19,28,33,39-40,45H,11-16,21-22H2,1-4H3,(H,46,50,51)/t33-,39?,40?/m1/s1. The summed E-state index contributed by atoms with van der Waals surface area (Å²) in [5.41, 5.74) is 4.11. The molecule has 0 aromatic heterocycles. The van der Waals surface area contributed by atoms with E-state index in [-0.39, 0.29) is 47.8 Å². The van der Waals surface area contributed by atoms with Crippen LogP contribution in [0.15, 0.2) is 54.6 Å². The summed E-state index contributed by atoms with van der Waals surface area (Å²) >= 11 is 6.26. The van der Waals surface area contributed by atoms with Crippen LogP contribution in [0.4, 0.5) is 5.69 Å². The van der Waals surface area contributed by atoms with Crippen LogP contribution in [-0.2, 0) is 22.7 Å². The number of piperidine rings is 2. The van der Waals surface area contributed by atoms with E-state index in [1.807, 2.05) is 29.2 Å². The minimum Gasteiger partial charge on any atom is -0.489 e. The topological polar surface area (TPSA) is 152 Å². The Morgan fingerprint density at radius 2 is 1.51 bits per heavy atom. The van der Waals surface area contributed by atoms with E-state index in [9.17, 15) is 29.2 Å². The number of carbonyl (C=O) groups excluding carboxylic acids is 5. The van der Waals surface area contributed by atoms with Crippen LogP contribution in [0.3, 0.4) is 0 Å². The van der Waals surface area contributed by atoms with Crippen molar-refractivity contribution in [2.75, 3.05) is 18.4 Å². The van der Waals surface area contributed by atoms with Crippen LogP contribution in [0.2, 0.25) is 5.02 Å². The zero-order chi connectivity index (χ0) is 39.0. The molecule has 0 spiro atoms. The van der Waals surface area contributed by atoms with E-state index < -0.39 is 29.7 Å². The number of halogens is 1. The minimum atomic E-state index is -0.983. The van der Waals surface area contributed by atoms with Gasteiger partial charge in [-0.25, -0.2) is 0 Å². The van der Waals surface area contributed by atoms with Gasteiger partial charge in [0.15, 0.2) is 0 Å². The summed E-state index contributed by atoms with van der Waals surface area (Å²) in [4.78, 5) is 69.6. The maximum Gasteiger partial charge on any atom is 0.262 e. The lowest BCUT2D eigenvalue weighted by atomic mass is 9.49. The molecule has 4 heterocycles. The van der Waals surface area contributed by atoms with Gasteiger partial charge in [-0.3, -0.25) is 39.1 Å². The molecule has 5 amide bonds. The van der Waals surface area contributed by atoms with E-state index in [4.69, 9.17) is 16.3 Å². The van der Waals surface area contributed by atoms with E-state index >= 15 is 0 Å². The van der Waals surface area contributed by atoms with Crippen LogP contribution >= 0.6 is 11.6 Å². The summed E-state index contributed by atoms with van der Waals surface area (Å²) in [5, 5.41) is 15.5. The second-order valence-electron chi connectivity index (χ2n) is 16.6. The summed E-state index contributed by atoms with van der Waals surface area (Å²) in [6.45, 7) is 11.2. The predicted molar refractivity (Wildman–Crippen MR) is 203 cm³/mol. The lowest BCUT2D eigenvalue weighted by molar-refractivity contribution is -0.147. The molecule has 5 aliphatic rings. The molecule has 2 saturated heterocycles.